The van der Waals surface area contributed by atoms with Gasteiger partial charge in [-0.15, -0.1) is 0 Å². The quantitative estimate of drug-likeness (QED) is 0.0786. The van der Waals surface area contributed by atoms with Crippen molar-refractivity contribution in [2.75, 3.05) is 45.0 Å². The fourth-order valence-electron chi connectivity index (χ4n) is 5.81. The minimum atomic E-state index is -3.47. The topological polar surface area (TPSA) is 134 Å². The normalized spacial score (nSPS) is 16.2. The Labute approximate surface area is 314 Å². The standard InChI is InChI=1S/C36H39F2NO6S2.C4H10O2/c1-2-3-18-39-47(42,43)22-5-20-45-36-34-24-28(26-8-14-30(38)15-9-26)11-17-32(34)31-16-10-27(25-6-12-29(37)13-7-25)23-33(31)35(36)44-19-4-21-46(40)41;1-4(3-5)6-2/h6-17,23-24,35-36,39H,2-5,18-22H2,1H3,(H,40,41);4-5H,3H2,1-2H3/p-1. The molecule has 0 aliphatic heterocycles. The van der Waals surface area contributed by atoms with Crippen molar-refractivity contribution >= 4 is 21.1 Å². The van der Waals surface area contributed by atoms with Gasteiger partial charge >= 0.3 is 0 Å². The van der Waals surface area contributed by atoms with Crippen LogP contribution in [0.25, 0.3) is 33.4 Å². The van der Waals surface area contributed by atoms with E-state index in [1.54, 1.807) is 38.3 Å². The number of hydrogen-bond acceptors (Lipinski definition) is 8. The van der Waals surface area contributed by atoms with E-state index >= 15 is 0 Å². The van der Waals surface area contributed by atoms with Gasteiger partial charge in [-0.2, -0.15) is 0 Å². The van der Waals surface area contributed by atoms with E-state index in [0.717, 1.165) is 57.3 Å². The fourth-order valence-corrected chi connectivity index (χ4v) is 7.26. The molecule has 4 aromatic rings. The van der Waals surface area contributed by atoms with Crippen molar-refractivity contribution in [1.82, 2.24) is 4.72 Å². The first-order valence-electron chi connectivity index (χ1n) is 17.7. The van der Waals surface area contributed by atoms with Gasteiger partial charge in [-0.05, 0) is 107 Å². The minimum absolute atomic E-state index is 0.00926. The van der Waals surface area contributed by atoms with Gasteiger partial charge in [0.25, 0.3) is 0 Å². The number of aliphatic hydroxyl groups is 1. The van der Waals surface area contributed by atoms with Crippen molar-refractivity contribution in [2.24, 2.45) is 0 Å². The first-order chi connectivity index (χ1) is 25.5. The van der Waals surface area contributed by atoms with Gasteiger partial charge in [-0.3, -0.25) is 4.21 Å². The zero-order valence-corrected chi connectivity index (χ0v) is 31.9. The van der Waals surface area contributed by atoms with Crippen LogP contribution >= 0.6 is 0 Å². The van der Waals surface area contributed by atoms with Gasteiger partial charge < -0.3 is 23.9 Å². The Bertz CT molecular complexity index is 1870. The van der Waals surface area contributed by atoms with E-state index in [0.29, 0.717) is 6.54 Å². The molecule has 288 valence electrons. The van der Waals surface area contributed by atoms with Crippen molar-refractivity contribution in [3.63, 3.8) is 0 Å². The molecule has 4 unspecified atom stereocenters. The molecule has 53 heavy (non-hydrogen) atoms. The second-order valence-corrected chi connectivity index (χ2v) is 15.7. The molecule has 1 aliphatic rings. The van der Waals surface area contributed by atoms with E-state index in [9.17, 15) is 26.0 Å². The van der Waals surface area contributed by atoms with E-state index in [2.05, 4.69) is 9.46 Å². The highest BCUT2D eigenvalue weighted by Crippen LogP contribution is 2.50. The van der Waals surface area contributed by atoms with Crippen LogP contribution in [-0.4, -0.2) is 73.4 Å². The molecule has 0 amide bonds. The summed E-state index contributed by atoms with van der Waals surface area (Å²) in [5, 5.41) is 8.21. The summed E-state index contributed by atoms with van der Waals surface area (Å²) in [6, 6.07) is 24.2. The average molecular weight is 773 g/mol. The number of benzene rings is 4. The third kappa shape index (κ3) is 12.6. The van der Waals surface area contributed by atoms with Gasteiger partial charge in [0, 0.05) is 32.6 Å². The van der Waals surface area contributed by atoms with Gasteiger partial charge in [0.1, 0.15) is 23.8 Å². The number of fused-ring (bicyclic) bond motifs is 3. The second kappa shape index (κ2) is 20.9. The summed E-state index contributed by atoms with van der Waals surface area (Å²) in [6.45, 7) is 4.55. The van der Waals surface area contributed by atoms with Crippen LogP contribution < -0.4 is 4.72 Å². The van der Waals surface area contributed by atoms with Crippen LogP contribution in [0.5, 0.6) is 0 Å². The summed E-state index contributed by atoms with van der Waals surface area (Å²) in [5.41, 5.74) is 6.73. The highest BCUT2D eigenvalue weighted by molar-refractivity contribution is 7.89. The molecule has 0 saturated heterocycles. The monoisotopic (exact) mass is 772 g/mol. The lowest BCUT2D eigenvalue weighted by Gasteiger charge is -2.36. The molecule has 4 atom stereocenters. The van der Waals surface area contributed by atoms with Crippen LogP contribution in [-0.2, 0) is 35.3 Å². The number of aliphatic hydroxyl groups excluding tert-OH is 1. The Morgan fingerprint density at radius 2 is 1.26 bits per heavy atom. The summed E-state index contributed by atoms with van der Waals surface area (Å²) in [6.07, 6.45) is 0.804. The third-order valence-corrected chi connectivity index (χ3v) is 10.8. The zero-order chi connectivity index (χ0) is 38.4. The second-order valence-electron chi connectivity index (χ2n) is 12.7. The summed E-state index contributed by atoms with van der Waals surface area (Å²) < 4.78 is 95.2. The first-order valence-corrected chi connectivity index (χ1v) is 20.6. The van der Waals surface area contributed by atoms with Crippen molar-refractivity contribution in [1.29, 1.82) is 0 Å². The number of methoxy groups -OCH3 is 1. The molecule has 9 nitrogen and oxygen atoms in total. The molecule has 5 rings (SSSR count). The molecule has 0 fully saturated rings. The van der Waals surface area contributed by atoms with Crippen molar-refractivity contribution in [3.8, 4) is 33.4 Å². The largest absolute Gasteiger partial charge is 0.772 e. The Morgan fingerprint density at radius 1 is 0.792 bits per heavy atom. The predicted molar refractivity (Wildman–Crippen MR) is 203 cm³/mol. The lowest BCUT2D eigenvalue weighted by atomic mass is 9.79. The van der Waals surface area contributed by atoms with Crippen molar-refractivity contribution in [3.05, 3.63) is 108 Å². The van der Waals surface area contributed by atoms with Crippen molar-refractivity contribution < 1.29 is 45.3 Å². The third-order valence-electron chi connectivity index (χ3n) is 8.76. The van der Waals surface area contributed by atoms with Crippen LogP contribution in [0.4, 0.5) is 8.78 Å². The first kappa shape index (κ1) is 42.3. The Balaban J connectivity index is 0.000000964. The summed E-state index contributed by atoms with van der Waals surface area (Å²) in [4.78, 5) is 0. The molecule has 0 bridgehead atoms. The smallest absolute Gasteiger partial charge is 0.211 e. The molecule has 0 heterocycles. The lowest BCUT2D eigenvalue weighted by Crippen LogP contribution is -2.28. The van der Waals surface area contributed by atoms with E-state index in [1.165, 1.54) is 24.3 Å². The molecule has 13 heteroatoms. The molecule has 1 aliphatic carbocycles. The van der Waals surface area contributed by atoms with Gasteiger partial charge in [0.05, 0.1) is 18.5 Å². The fraction of sp³-hybridized carbons (Fsp3) is 0.400. The van der Waals surface area contributed by atoms with Crippen LogP contribution in [0.3, 0.4) is 0 Å². The number of ether oxygens (including phenoxy) is 3. The van der Waals surface area contributed by atoms with Crippen molar-refractivity contribution in [2.45, 2.75) is 57.8 Å². The maximum absolute atomic E-state index is 13.7. The van der Waals surface area contributed by atoms with Crippen LogP contribution in [0.1, 0.15) is 62.9 Å². The molecular weight excluding hydrogens is 725 g/mol. The van der Waals surface area contributed by atoms with E-state index in [-0.39, 0.29) is 61.9 Å². The number of unbranched alkanes of at least 4 members (excludes halogenated alkanes) is 1. The van der Waals surface area contributed by atoms with Gasteiger partial charge in [0.15, 0.2) is 0 Å². The molecular formula is C40H48F2NO8S2-. The van der Waals surface area contributed by atoms with E-state index < -0.39 is 33.3 Å². The van der Waals surface area contributed by atoms with Gasteiger partial charge in [-0.1, -0.05) is 73.0 Å². The summed E-state index contributed by atoms with van der Waals surface area (Å²) in [7, 11) is -1.90. The number of sulfonamides is 1. The van der Waals surface area contributed by atoms with Crippen LogP contribution in [0.2, 0.25) is 0 Å². The van der Waals surface area contributed by atoms with Gasteiger partial charge in [-0.25, -0.2) is 21.9 Å². The molecule has 0 saturated carbocycles. The number of rotatable bonds is 18. The Hall–Kier alpha value is -3.40. The SMILES string of the molecule is CCCCNS(=O)(=O)CCCOC1c2cc(-c3ccc(F)cc3)ccc2-c2ccc(-c3ccc(F)cc3)cc2C1OCCCS(=O)[O-].COC(C)CO. The molecule has 4 aromatic carbocycles. The zero-order valence-electron chi connectivity index (χ0n) is 30.3. The van der Waals surface area contributed by atoms with Crippen LogP contribution in [0, 0.1) is 11.6 Å². The number of hydrogen-bond donors (Lipinski definition) is 2. The molecule has 0 radical (unpaired) electrons. The van der Waals surface area contributed by atoms with Crippen LogP contribution in [0.15, 0.2) is 84.9 Å². The van der Waals surface area contributed by atoms with Gasteiger partial charge in [0.2, 0.25) is 10.0 Å². The highest BCUT2D eigenvalue weighted by Gasteiger charge is 2.36. The minimum Gasteiger partial charge on any atom is -0.772 e. The maximum atomic E-state index is 13.7. The number of nitrogens with one attached hydrogen (secondary N) is 1. The summed E-state index contributed by atoms with van der Waals surface area (Å²) >= 11 is -2.22. The molecule has 2 N–H and O–H groups in total. The maximum Gasteiger partial charge on any atom is 0.211 e. The Kier molecular flexibility index (Phi) is 16.7. The summed E-state index contributed by atoms with van der Waals surface area (Å²) in [5.74, 6) is -0.844. The Morgan fingerprint density at radius 3 is 1.68 bits per heavy atom. The number of halogens is 2. The molecule has 0 aromatic heterocycles. The predicted octanol–water partition coefficient (Wildman–Crippen LogP) is 7.49. The van der Waals surface area contributed by atoms with E-state index in [1.807, 2.05) is 43.3 Å². The lowest BCUT2D eigenvalue weighted by molar-refractivity contribution is -0.0788. The highest BCUT2D eigenvalue weighted by atomic mass is 32.2. The van der Waals surface area contributed by atoms with E-state index in [4.69, 9.17) is 14.6 Å². The molecule has 0 spiro atoms. The average Bonchev–Trinajstić information content (AvgIpc) is 3.15.